The van der Waals surface area contributed by atoms with Gasteiger partial charge in [0.2, 0.25) is 0 Å². The van der Waals surface area contributed by atoms with Crippen molar-refractivity contribution in [2.75, 3.05) is 17.2 Å². The maximum atomic E-state index is 12.4. The van der Waals surface area contributed by atoms with Crippen LogP contribution in [0.3, 0.4) is 0 Å². The summed E-state index contributed by atoms with van der Waals surface area (Å²) in [5, 5.41) is 30.5. The van der Waals surface area contributed by atoms with Gasteiger partial charge in [-0.2, -0.15) is 0 Å². The predicted octanol–water partition coefficient (Wildman–Crippen LogP) is 4.67. The third-order valence-electron chi connectivity index (χ3n) is 5.56. The van der Waals surface area contributed by atoms with Crippen molar-refractivity contribution in [3.8, 4) is 11.5 Å². The van der Waals surface area contributed by atoms with Crippen LogP contribution in [0, 0.1) is 0 Å². The smallest absolute Gasteiger partial charge is 0.323 e. The summed E-state index contributed by atoms with van der Waals surface area (Å²) in [6.07, 6.45) is 1.88. The van der Waals surface area contributed by atoms with E-state index in [9.17, 15) is 15.0 Å². The van der Waals surface area contributed by atoms with Crippen LogP contribution in [0.4, 0.5) is 16.2 Å². The number of nitrogens with zero attached hydrogens (tertiary/aromatic N) is 2. The van der Waals surface area contributed by atoms with Crippen molar-refractivity contribution in [3.05, 3.63) is 100 Å². The van der Waals surface area contributed by atoms with E-state index in [1.165, 1.54) is 12.1 Å². The number of benzene rings is 3. The number of aromatic hydroxyl groups is 2. The van der Waals surface area contributed by atoms with Gasteiger partial charge in [-0.15, -0.1) is 0 Å². The number of hydrogen-bond donors (Lipinski definition) is 6. The molecule has 0 unspecified atom stereocenters. The maximum absolute atomic E-state index is 12.4. The third-order valence-corrected chi connectivity index (χ3v) is 6.21. The minimum absolute atomic E-state index is 0.130. The predicted molar refractivity (Wildman–Crippen MR) is 143 cm³/mol. The van der Waals surface area contributed by atoms with Gasteiger partial charge in [0.1, 0.15) is 23.2 Å². The quantitative estimate of drug-likeness (QED) is 0.259. The Bertz CT molecular complexity index is 1400. The van der Waals surface area contributed by atoms with Gasteiger partial charge in [0.05, 0.1) is 23.3 Å². The van der Waals surface area contributed by atoms with Gasteiger partial charge in [0, 0.05) is 23.0 Å². The lowest BCUT2D eigenvalue weighted by atomic mass is 10.1. The molecule has 0 saturated heterocycles. The zero-order valence-electron chi connectivity index (χ0n) is 19.0. The van der Waals surface area contributed by atoms with E-state index in [0.29, 0.717) is 35.9 Å². The zero-order valence-corrected chi connectivity index (χ0v) is 20.6. The molecule has 0 radical (unpaired) electrons. The molecular weight excluding hydrogens is 524 g/mol. The molecule has 2 aliphatic heterocycles. The molecule has 0 aliphatic carbocycles. The number of phenols is 2. The first-order chi connectivity index (χ1) is 17.5. The van der Waals surface area contributed by atoms with Gasteiger partial charge in [-0.25, -0.2) is 15.2 Å². The van der Waals surface area contributed by atoms with E-state index >= 15 is 0 Å². The number of phenolic OH excluding ortho intramolecular Hbond substituents is 2. The number of hydrogen-bond acceptors (Lipinski definition) is 6. The highest BCUT2D eigenvalue weighted by Gasteiger charge is 2.29. The van der Waals surface area contributed by atoms with Crippen molar-refractivity contribution < 1.29 is 15.0 Å². The average Bonchev–Trinajstić information content (AvgIpc) is 3.25. The fourth-order valence-electron chi connectivity index (χ4n) is 3.83. The van der Waals surface area contributed by atoms with Gasteiger partial charge in [0.15, 0.2) is 0 Å². The molecule has 0 bridgehead atoms. The number of carbonyl (C=O) groups is 1. The van der Waals surface area contributed by atoms with Crippen molar-refractivity contribution in [1.29, 1.82) is 0 Å². The molecule has 182 valence electrons. The summed E-state index contributed by atoms with van der Waals surface area (Å²) >= 11 is 3.59. The number of nitrogens with one attached hydrogen (secondary N) is 4. The molecule has 0 saturated carbocycles. The number of rotatable bonds is 5. The van der Waals surface area contributed by atoms with Crippen LogP contribution in [0.25, 0.3) is 5.70 Å². The van der Waals surface area contributed by atoms with Gasteiger partial charge in [-0.3, -0.25) is 4.99 Å². The number of para-hydroxylation sites is 1. The van der Waals surface area contributed by atoms with Gasteiger partial charge in [-0.05, 0) is 54.1 Å². The van der Waals surface area contributed by atoms with Gasteiger partial charge in [0.25, 0.3) is 0 Å². The van der Waals surface area contributed by atoms with Gasteiger partial charge >= 0.3 is 6.03 Å². The van der Waals surface area contributed by atoms with E-state index < -0.39 is 6.03 Å². The highest BCUT2D eigenvalue weighted by atomic mass is 79.9. The standard InChI is InChI=1S/C26H23BrN6O3/c27-21-15-29-33-24(13-22(32-25(21)33)20-6-1-2-7-23(20)35)28-14-16-4-3-5-18(12-16)31-26(36)30-17-8-10-19(34)11-9-17/h1-13,29,32,34-35H,14-15H2,(H2,30,31,36). The second-order valence-corrected chi connectivity index (χ2v) is 9.08. The van der Waals surface area contributed by atoms with Gasteiger partial charge in [-0.1, -0.05) is 40.2 Å². The van der Waals surface area contributed by atoms with Crippen LogP contribution < -0.4 is 21.4 Å². The van der Waals surface area contributed by atoms with Crippen LogP contribution in [0.5, 0.6) is 11.5 Å². The fraction of sp³-hybridized carbons (Fsp3) is 0.0769. The first-order valence-electron chi connectivity index (χ1n) is 11.2. The lowest BCUT2D eigenvalue weighted by molar-refractivity contribution is 0.262. The number of urea groups is 1. The molecule has 0 aromatic heterocycles. The second-order valence-electron chi connectivity index (χ2n) is 8.12. The van der Waals surface area contributed by atoms with Crippen LogP contribution in [-0.2, 0) is 6.54 Å². The molecule has 2 aliphatic rings. The van der Waals surface area contributed by atoms with Crippen LogP contribution in [0.1, 0.15) is 11.1 Å². The number of anilines is 2. The lowest BCUT2D eigenvalue weighted by Crippen LogP contribution is -2.43. The molecule has 9 nitrogen and oxygen atoms in total. The lowest BCUT2D eigenvalue weighted by Gasteiger charge is -2.29. The fourth-order valence-corrected chi connectivity index (χ4v) is 4.23. The number of amides is 2. The van der Waals surface area contributed by atoms with Crippen molar-refractivity contribution in [2.45, 2.75) is 6.54 Å². The van der Waals surface area contributed by atoms with E-state index in [-0.39, 0.29) is 11.5 Å². The number of carbonyl (C=O) groups excluding carboxylic acids is 1. The molecular formula is C26H23BrN6O3. The second kappa shape index (κ2) is 10.1. The summed E-state index contributed by atoms with van der Waals surface area (Å²) in [7, 11) is 0. The van der Waals surface area contributed by atoms with Crippen LogP contribution in [-0.4, -0.2) is 33.6 Å². The number of amidine groups is 1. The minimum atomic E-state index is -0.390. The summed E-state index contributed by atoms with van der Waals surface area (Å²) in [6.45, 7) is 0.983. The molecule has 2 heterocycles. The number of aliphatic imine (C=N–C) groups is 1. The average molecular weight is 547 g/mol. The Kier molecular flexibility index (Phi) is 6.61. The molecule has 10 heteroatoms. The van der Waals surface area contributed by atoms with E-state index in [2.05, 4.69) is 37.3 Å². The van der Waals surface area contributed by atoms with Crippen molar-refractivity contribution >= 4 is 44.9 Å². The molecule has 2 amide bonds. The van der Waals surface area contributed by atoms with Crippen LogP contribution >= 0.6 is 15.9 Å². The molecule has 3 aromatic rings. The maximum Gasteiger partial charge on any atom is 0.323 e. The highest BCUT2D eigenvalue weighted by Crippen LogP contribution is 2.30. The van der Waals surface area contributed by atoms with E-state index in [0.717, 1.165) is 21.6 Å². The normalized spacial score (nSPS) is 15.9. The topological polar surface area (TPSA) is 121 Å². The number of fused-ring (bicyclic) bond motifs is 1. The van der Waals surface area contributed by atoms with Crippen molar-refractivity contribution in [2.24, 2.45) is 4.99 Å². The zero-order chi connectivity index (χ0) is 25.1. The summed E-state index contributed by atoms with van der Waals surface area (Å²) in [5.74, 6) is 1.80. The number of hydrazine groups is 1. The Balaban J connectivity index is 1.33. The molecule has 36 heavy (non-hydrogen) atoms. The molecule has 0 spiro atoms. The molecule has 0 atom stereocenters. The van der Waals surface area contributed by atoms with E-state index in [1.54, 1.807) is 30.3 Å². The number of halogens is 1. The summed E-state index contributed by atoms with van der Waals surface area (Å²) < 4.78 is 0.946. The molecule has 0 fully saturated rings. The minimum Gasteiger partial charge on any atom is -0.508 e. The first kappa shape index (κ1) is 23.5. The van der Waals surface area contributed by atoms with E-state index in [1.807, 2.05) is 41.4 Å². The molecule has 3 aromatic carbocycles. The largest absolute Gasteiger partial charge is 0.508 e. The highest BCUT2D eigenvalue weighted by molar-refractivity contribution is 9.11. The Hall–Kier alpha value is -4.28. The Morgan fingerprint density at radius 1 is 1.00 bits per heavy atom. The van der Waals surface area contributed by atoms with Crippen molar-refractivity contribution in [3.63, 3.8) is 0 Å². The first-order valence-corrected chi connectivity index (χ1v) is 12.0. The summed E-state index contributed by atoms with van der Waals surface area (Å²) in [6, 6.07) is 20.4. The Morgan fingerprint density at radius 2 is 1.78 bits per heavy atom. The summed E-state index contributed by atoms with van der Waals surface area (Å²) in [5.41, 5.74) is 6.79. The van der Waals surface area contributed by atoms with Crippen LogP contribution in [0.15, 0.2) is 94.2 Å². The Morgan fingerprint density at radius 3 is 2.58 bits per heavy atom. The molecule has 6 N–H and O–H groups in total. The monoisotopic (exact) mass is 546 g/mol. The van der Waals surface area contributed by atoms with E-state index in [4.69, 9.17) is 4.99 Å². The van der Waals surface area contributed by atoms with Crippen molar-refractivity contribution in [1.82, 2.24) is 15.8 Å². The molecule has 5 rings (SSSR count). The Labute approximate surface area is 216 Å². The summed E-state index contributed by atoms with van der Waals surface area (Å²) in [4.78, 5) is 17.2. The third kappa shape index (κ3) is 5.19. The van der Waals surface area contributed by atoms with Crippen LogP contribution in [0.2, 0.25) is 0 Å². The SMILES string of the molecule is O=C(Nc1ccc(O)cc1)Nc1cccc(CN=C2C=C(c3ccccc3O)NC3=C(Br)CNN23)c1. The van der Waals surface area contributed by atoms with Gasteiger partial charge < -0.3 is 26.2 Å².